The van der Waals surface area contributed by atoms with E-state index >= 15 is 0 Å². The summed E-state index contributed by atoms with van der Waals surface area (Å²) < 4.78 is 0. The van der Waals surface area contributed by atoms with Gasteiger partial charge in [-0.2, -0.15) is 0 Å². The first-order valence-corrected chi connectivity index (χ1v) is 42.9. The number of imide groups is 2. The third-order valence-corrected chi connectivity index (χ3v) is 27.5. The van der Waals surface area contributed by atoms with Crippen molar-refractivity contribution in [1.29, 1.82) is 0 Å². The van der Waals surface area contributed by atoms with Crippen molar-refractivity contribution in [3.8, 4) is 44.5 Å². The van der Waals surface area contributed by atoms with Crippen LogP contribution in [0.4, 0.5) is 39.8 Å². The first-order valence-electron chi connectivity index (χ1n) is 42.5. The molecule has 0 fully saturated rings. The van der Waals surface area contributed by atoms with Gasteiger partial charge in [0.2, 0.25) is 0 Å². The summed E-state index contributed by atoms with van der Waals surface area (Å²) in [5.41, 5.74) is 21.4. The molecule has 0 atom stereocenters. The molecule has 2 aliphatic heterocycles. The number of benzene rings is 18. The van der Waals surface area contributed by atoms with Gasteiger partial charge in [-0.1, -0.05) is 277 Å². The van der Waals surface area contributed by atoms with Crippen molar-refractivity contribution in [2.45, 2.75) is 118 Å². The number of para-hydroxylation sites is 2. The summed E-state index contributed by atoms with van der Waals surface area (Å²) in [6.07, 6.45) is 0. The number of halogens is 1. The zero-order valence-corrected chi connectivity index (χ0v) is 71.3. The van der Waals surface area contributed by atoms with Crippen molar-refractivity contribution in [2.75, 3.05) is 14.7 Å². The molecule has 0 unspecified atom stereocenters. The van der Waals surface area contributed by atoms with Crippen LogP contribution in [0.5, 0.6) is 0 Å². The fourth-order valence-corrected chi connectivity index (χ4v) is 21.6. The molecule has 22 rings (SSSR count). The Bertz CT molecular complexity index is 7540. The number of nitro benzene ring substituents is 2. The summed E-state index contributed by atoms with van der Waals surface area (Å²) in [5, 5.41) is 40.2. The van der Waals surface area contributed by atoms with Crippen LogP contribution in [0.3, 0.4) is 0 Å². The minimum absolute atomic E-state index is 0.00743. The Kier molecular flexibility index (Phi) is 17.3. The number of hydrogen-bond acceptors (Lipinski definition) is 9. The Morgan fingerprint density at radius 2 is 0.565 bits per heavy atom. The maximum Gasteiger partial charge on any atom is 0.279 e. The van der Waals surface area contributed by atoms with E-state index in [2.05, 4.69) is 185 Å². The fourth-order valence-electron chi connectivity index (χ4n) is 21.4. The molecule has 0 saturated heterocycles. The highest BCUT2D eigenvalue weighted by atomic mass is 35.5. The van der Waals surface area contributed by atoms with Crippen LogP contribution >= 0.6 is 11.6 Å². The van der Waals surface area contributed by atoms with E-state index < -0.39 is 4.92 Å². The van der Waals surface area contributed by atoms with E-state index in [1.165, 1.54) is 60.4 Å². The van der Waals surface area contributed by atoms with Crippen LogP contribution < -0.4 is 14.7 Å². The molecule has 2 heterocycles. The predicted octanol–water partition coefficient (Wildman–Crippen LogP) is 29.5. The predicted molar refractivity (Wildman–Crippen MR) is 506 cm³/mol. The van der Waals surface area contributed by atoms with Gasteiger partial charge in [0.1, 0.15) is 0 Å². The highest BCUT2D eigenvalue weighted by Gasteiger charge is 2.43. The number of nitrogens with zero attached hydrogens (tertiary/aromatic N) is 5. The van der Waals surface area contributed by atoms with Crippen LogP contribution in [0.2, 0.25) is 5.02 Å². The third kappa shape index (κ3) is 11.0. The zero-order valence-electron chi connectivity index (χ0n) is 70.6. The van der Waals surface area contributed by atoms with Gasteiger partial charge in [-0.05, 0) is 250 Å². The van der Waals surface area contributed by atoms with E-state index in [9.17, 15) is 39.4 Å². The largest absolute Gasteiger partial charge is 0.310 e. The second-order valence-corrected chi connectivity index (χ2v) is 36.5. The monoisotopic (exact) mass is 1640 g/mol. The number of anilines is 5. The normalized spacial score (nSPS) is 14.3. The number of nitro groups is 2. The number of hydrogen-bond donors (Lipinski definition) is 0. The molecular weight excluding hydrogens is 1550 g/mol. The maximum atomic E-state index is 14.9. The van der Waals surface area contributed by atoms with Crippen LogP contribution in [-0.2, 0) is 10.8 Å². The van der Waals surface area contributed by atoms with Crippen molar-refractivity contribution in [3.05, 3.63) is 359 Å². The van der Waals surface area contributed by atoms with Crippen molar-refractivity contribution < 1.29 is 29.0 Å². The summed E-state index contributed by atoms with van der Waals surface area (Å²) in [5.74, 6) is -0.916. The van der Waals surface area contributed by atoms with Crippen LogP contribution in [0.1, 0.15) is 193 Å². The van der Waals surface area contributed by atoms with E-state index in [4.69, 9.17) is 11.6 Å². The summed E-state index contributed by atoms with van der Waals surface area (Å²) in [6.45, 7) is 25.8. The van der Waals surface area contributed by atoms with Crippen molar-refractivity contribution in [1.82, 2.24) is 0 Å². The quantitative estimate of drug-likeness (QED) is 0.0359. The topological polar surface area (TPSA) is 164 Å². The van der Waals surface area contributed by atoms with Gasteiger partial charge in [-0.3, -0.25) is 39.4 Å². The maximum absolute atomic E-state index is 14.9. The molecule has 0 N–H and O–H groups in total. The summed E-state index contributed by atoms with van der Waals surface area (Å²) >= 11 is 6.14. The minimum atomic E-state index is -0.408. The van der Waals surface area contributed by atoms with E-state index in [1.807, 2.05) is 146 Å². The van der Waals surface area contributed by atoms with Gasteiger partial charge in [-0.15, -0.1) is 0 Å². The van der Waals surface area contributed by atoms with Crippen LogP contribution in [0.15, 0.2) is 267 Å². The fraction of sp³-hybridized carbons (Fsp3) is 0.164. The smallest absolute Gasteiger partial charge is 0.279 e. The number of carbonyl (C=O) groups excluding carboxylic acids is 4. The molecule has 4 aliphatic rings. The average molecular weight is 1640 g/mol. The lowest BCUT2D eigenvalue weighted by Gasteiger charge is -2.32. The molecule has 0 spiro atoms. The molecule has 18 aromatic rings. The molecule has 4 amide bonds. The Balaban J connectivity index is 0.000000171. The van der Waals surface area contributed by atoms with Crippen LogP contribution in [0, 0.1) is 20.2 Å². The van der Waals surface area contributed by atoms with Crippen molar-refractivity contribution in [2.24, 2.45) is 0 Å². The molecule has 14 heteroatoms. The summed E-state index contributed by atoms with van der Waals surface area (Å²) in [7, 11) is 0. The molecule has 124 heavy (non-hydrogen) atoms. The van der Waals surface area contributed by atoms with Gasteiger partial charge in [0.15, 0.2) is 0 Å². The Hall–Kier alpha value is -14.3. The SMILES string of the molecule is CC(C)c1cccc(C(C)C)c1N1C(=O)c2ccc3c4cccc5c(-c6ccc(Cl)cc6[N+](=O)[O-])ccc(c6ccc(c2c36)C1=O)c54.CC(C)c1cccc(C(C)C)c1N1C(=O)c2ccc3c4cccc5c(-c6ccc(N(c7ccc8c(c7)C(C)(C)c7ccccc7-8)c7ccc8c(c7)C(C)(C)c7ccccc7-8)cc6[N+](=O)[O-])ccc(c6ccc(c2c36)C1=O)c54. The number of fused-ring (bicyclic) bond motifs is 10. The second-order valence-electron chi connectivity index (χ2n) is 36.0. The standard InChI is InChI=1S/C70H55N3O4.C40H29ClN2O4/c1-38(2)43-17-13-18-44(39(3)4)66(43)72-67(74)56-33-31-54-52-20-14-19-51-45(29-30-53(63(51)52)55-32-34-57(68(72)75)65(56)64(54)55)50-28-25-42(37-62(50)73(76)77)71(40-23-26-48-46-15-9-11-21-58(46)69(5,6)60(48)35-40)41-24-27-49-47-16-10-12-22-59(47)70(7,8)61(49)36-41;1-20(2)23-7-5-8-24(21(3)4)38(23)42-39(44)32-17-15-30-28-10-6-9-27-25(26-12-11-22(41)19-34(26)43(46)47)13-14-29(35(27)28)31-16-18-33(40(42)45)37(32)36(30)31/h9-39H,1-8H3;5-21H,1-4H3. The number of rotatable bonds is 13. The minimum Gasteiger partial charge on any atom is -0.310 e. The molecule has 0 radical (unpaired) electrons. The first kappa shape index (κ1) is 77.1. The van der Waals surface area contributed by atoms with Crippen molar-refractivity contribution >= 4 is 161 Å². The lowest BCUT2D eigenvalue weighted by atomic mass is 9.82. The lowest BCUT2D eigenvalue weighted by molar-refractivity contribution is -0.384. The van der Waals surface area contributed by atoms with E-state index in [0.717, 1.165) is 120 Å². The third-order valence-electron chi connectivity index (χ3n) is 27.3. The molecule has 0 aromatic heterocycles. The van der Waals surface area contributed by atoms with Crippen LogP contribution in [-0.4, -0.2) is 33.5 Å². The molecule has 13 nitrogen and oxygen atoms in total. The molecule has 604 valence electrons. The van der Waals surface area contributed by atoms with Gasteiger partial charge in [-0.25, -0.2) is 9.80 Å². The Morgan fingerprint density at radius 1 is 0.282 bits per heavy atom. The summed E-state index contributed by atoms with van der Waals surface area (Å²) in [6, 6.07) is 88.5. The molecule has 0 saturated carbocycles. The Morgan fingerprint density at radius 3 is 0.927 bits per heavy atom. The lowest BCUT2D eigenvalue weighted by Crippen LogP contribution is -2.41. The highest BCUT2D eigenvalue weighted by Crippen LogP contribution is 2.57. The van der Waals surface area contributed by atoms with Gasteiger partial charge in [0.25, 0.3) is 35.0 Å². The summed E-state index contributed by atoms with van der Waals surface area (Å²) in [4.78, 5) is 88.9. The van der Waals surface area contributed by atoms with E-state index in [1.54, 1.807) is 18.2 Å². The van der Waals surface area contributed by atoms with E-state index in [0.29, 0.717) is 66.2 Å². The van der Waals surface area contributed by atoms with E-state index in [-0.39, 0.29) is 74.4 Å². The zero-order chi connectivity index (χ0) is 86.0. The van der Waals surface area contributed by atoms with Crippen LogP contribution in [0.25, 0.3) is 131 Å². The van der Waals surface area contributed by atoms with Gasteiger partial charge in [0.05, 0.1) is 38.0 Å². The second kappa shape index (κ2) is 27.9. The first-order chi connectivity index (χ1) is 59.6. The van der Waals surface area contributed by atoms with Gasteiger partial charge >= 0.3 is 0 Å². The number of carbonyl (C=O) groups is 4. The van der Waals surface area contributed by atoms with Gasteiger partial charge in [0, 0.05) is 72.4 Å². The van der Waals surface area contributed by atoms with Crippen molar-refractivity contribution in [3.63, 3.8) is 0 Å². The molecular formula is C110H84ClN5O8. The van der Waals surface area contributed by atoms with Gasteiger partial charge < -0.3 is 4.90 Å². The average Bonchev–Trinajstić information content (AvgIpc) is 0.996. The molecule has 18 aromatic carbocycles. The molecule has 2 aliphatic carbocycles. The molecule has 0 bridgehead atoms. The highest BCUT2D eigenvalue weighted by molar-refractivity contribution is 6.45. The Labute approximate surface area is 721 Å². The number of amides is 4.